The fraction of sp³-hybridized carbons (Fsp3) is 0.462. The van der Waals surface area contributed by atoms with E-state index in [4.69, 9.17) is 17.0 Å². The predicted molar refractivity (Wildman–Crippen MR) is 138 cm³/mol. The number of aromatic nitrogens is 1. The second-order valence-corrected chi connectivity index (χ2v) is 9.49. The molecule has 2 aromatic rings. The van der Waals surface area contributed by atoms with E-state index in [9.17, 15) is 14.4 Å². The van der Waals surface area contributed by atoms with Crippen LogP contribution in [0.25, 0.3) is 17.0 Å². The first-order valence-electron chi connectivity index (χ1n) is 12.1. The fourth-order valence-electron chi connectivity index (χ4n) is 4.96. The summed E-state index contributed by atoms with van der Waals surface area (Å²) < 4.78 is 6.76. The molecule has 1 saturated heterocycles. The standard InChI is InChI=1S/C26H32N4O4S/c1-4-17-9-8-12-20-18(13-21-25(33)28(2)26(35)30(21)16-23(32)34-3)14-29(24(17)20)15-22(31)27-19-10-6-5-7-11-19/h8-9,12-14,19H,4-7,10-11,15-16H2,1-3H3,(H,27,31)/b21-13-. The number of carbonyl (C=O) groups excluding carboxylic acids is 3. The van der Waals surface area contributed by atoms with Gasteiger partial charge in [-0.3, -0.25) is 19.3 Å². The molecule has 1 aromatic carbocycles. The number of aryl methyl sites for hydroxylation is 1. The number of likely N-dealkylation sites (N-methyl/N-ethyl adjacent to an activating group) is 1. The Bertz CT molecular complexity index is 1200. The summed E-state index contributed by atoms with van der Waals surface area (Å²) >= 11 is 5.40. The van der Waals surface area contributed by atoms with E-state index >= 15 is 0 Å². The number of thiocarbonyl (C=S) groups is 1. The molecular weight excluding hydrogens is 464 g/mol. The van der Waals surface area contributed by atoms with Gasteiger partial charge < -0.3 is 19.5 Å². The molecule has 2 heterocycles. The van der Waals surface area contributed by atoms with Gasteiger partial charge in [0.15, 0.2) is 5.11 Å². The molecule has 1 saturated carbocycles. The van der Waals surface area contributed by atoms with Gasteiger partial charge in [0, 0.05) is 30.2 Å². The molecule has 0 bridgehead atoms. The number of esters is 1. The number of hydrogen-bond donors (Lipinski definition) is 1. The van der Waals surface area contributed by atoms with Gasteiger partial charge in [-0.15, -0.1) is 0 Å². The molecule has 1 aliphatic carbocycles. The third-order valence-electron chi connectivity index (χ3n) is 6.82. The van der Waals surface area contributed by atoms with Crippen molar-refractivity contribution in [3.05, 3.63) is 41.2 Å². The van der Waals surface area contributed by atoms with Crippen LogP contribution >= 0.6 is 12.2 Å². The summed E-state index contributed by atoms with van der Waals surface area (Å²) in [5.41, 5.74) is 3.18. The number of benzene rings is 1. The molecule has 8 nitrogen and oxygen atoms in total. The van der Waals surface area contributed by atoms with Crippen LogP contribution in [0.3, 0.4) is 0 Å². The Kier molecular flexibility index (Phi) is 7.54. The number of ether oxygens (including phenoxy) is 1. The van der Waals surface area contributed by atoms with Crippen LogP contribution in [-0.4, -0.2) is 64.0 Å². The smallest absolute Gasteiger partial charge is 0.325 e. The molecule has 4 rings (SSSR count). The molecule has 1 N–H and O–H groups in total. The molecule has 1 aromatic heterocycles. The van der Waals surface area contributed by atoms with Crippen molar-refractivity contribution in [2.24, 2.45) is 0 Å². The summed E-state index contributed by atoms with van der Waals surface area (Å²) in [4.78, 5) is 40.7. The first-order valence-corrected chi connectivity index (χ1v) is 12.5. The first kappa shape index (κ1) is 24.9. The maximum atomic E-state index is 13.0. The van der Waals surface area contributed by atoms with Crippen molar-refractivity contribution in [1.29, 1.82) is 0 Å². The van der Waals surface area contributed by atoms with E-state index in [0.717, 1.165) is 54.1 Å². The highest BCUT2D eigenvalue weighted by Gasteiger charge is 2.37. The zero-order valence-electron chi connectivity index (χ0n) is 20.5. The van der Waals surface area contributed by atoms with Gasteiger partial charge >= 0.3 is 5.97 Å². The molecule has 9 heteroatoms. The Morgan fingerprint density at radius 3 is 2.63 bits per heavy atom. The van der Waals surface area contributed by atoms with Crippen LogP contribution in [-0.2, 0) is 32.1 Å². The molecule has 2 amide bonds. The minimum Gasteiger partial charge on any atom is -0.468 e. The third kappa shape index (κ3) is 5.10. The highest BCUT2D eigenvalue weighted by Crippen LogP contribution is 2.30. The lowest BCUT2D eigenvalue weighted by atomic mass is 9.95. The number of fused-ring (bicyclic) bond motifs is 1. The predicted octanol–water partition coefficient (Wildman–Crippen LogP) is 3.23. The molecule has 35 heavy (non-hydrogen) atoms. The van der Waals surface area contributed by atoms with Gasteiger partial charge in [-0.05, 0) is 43.1 Å². The summed E-state index contributed by atoms with van der Waals surface area (Å²) in [5.74, 6) is -0.790. The number of hydrogen-bond acceptors (Lipinski definition) is 5. The topological polar surface area (TPSA) is 83.9 Å². The van der Waals surface area contributed by atoms with E-state index in [0.29, 0.717) is 5.70 Å². The summed E-state index contributed by atoms with van der Waals surface area (Å²) in [6.45, 7) is 2.13. The number of amides is 2. The average Bonchev–Trinajstić information content (AvgIpc) is 3.30. The van der Waals surface area contributed by atoms with E-state index < -0.39 is 5.97 Å². The van der Waals surface area contributed by atoms with Crippen molar-refractivity contribution < 1.29 is 19.1 Å². The number of carbonyl (C=O) groups is 3. The second kappa shape index (κ2) is 10.6. The summed E-state index contributed by atoms with van der Waals surface area (Å²) in [6.07, 6.45) is 10.1. The van der Waals surface area contributed by atoms with Crippen molar-refractivity contribution in [1.82, 2.24) is 19.7 Å². The van der Waals surface area contributed by atoms with E-state index in [1.54, 1.807) is 13.1 Å². The lowest BCUT2D eigenvalue weighted by molar-refractivity contribution is -0.140. The molecule has 0 atom stereocenters. The maximum absolute atomic E-state index is 13.0. The Hall–Kier alpha value is -3.20. The molecule has 2 fully saturated rings. The number of nitrogens with zero attached hydrogens (tertiary/aromatic N) is 3. The Morgan fingerprint density at radius 2 is 1.94 bits per heavy atom. The minimum absolute atomic E-state index is 0.0101. The van der Waals surface area contributed by atoms with Crippen LogP contribution in [0.2, 0.25) is 0 Å². The van der Waals surface area contributed by atoms with Gasteiger partial charge in [0.05, 0.1) is 12.6 Å². The first-order chi connectivity index (χ1) is 16.8. The Balaban J connectivity index is 1.71. The largest absolute Gasteiger partial charge is 0.468 e. The molecule has 0 radical (unpaired) electrons. The molecule has 2 aliphatic rings. The van der Waals surface area contributed by atoms with Gasteiger partial charge in [-0.1, -0.05) is 44.4 Å². The van der Waals surface area contributed by atoms with Crippen LogP contribution in [0, 0.1) is 0 Å². The van der Waals surface area contributed by atoms with Crippen molar-refractivity contribution in [2.45, 2.75) is 58.0 Å². The van der Waals surface area contributed by atoms with Crippen molar-refractivity contribution in [3.8, 4) is 0 Å². The van der Waals surface area contributed by atoms with Gasteiger partial charge in [0.1, 0.15) is 18.8 Å². The molecular formula is C26H32N4O4S. The van der Waals surface area contributed by atoms with Crippen molar-refractivity contribution in [3.63, 3.8) is 0 Å². The number of para-hydroxylation sites is 1. The third-order valence-corrected chi connectivity index (χ3v) is 7.31. The zero-order valence-corrected chi connectivity index (χ0v) is 21.3. The van der Waals surface area contributed by atoms with E-state index in [1.165, 1.54) is 23.3 Å². The fourth-order valence-corrected chi connectivity index (χ4v) is 5.20. The molecule has 0 unspecified atom stereocenters. The number of nitrogens with one attached hydrogen (secondary N) is 1. The molecule has 1 aliphatic heterocycles. The van der Waals surface area contributed by atoms with Gasteiger partial charge in [0.25, 0.3) is 5.91 Å². The lowest BCUT2D eigenvalue weighted by Crippen LogP contribution is -2.38. The van der Waals surface area contributed by atoms with Gasteiger partial charge in [0.2, 0.25) is 5.91 Å². The van der Waals surface area contributed by atoms with Gasteiger partial charge in [-0.25, -0.2) is 0 Å². The number of rotatable bonds is 7. The van der Waals surface area contributed by atoms with E-state index in [-0.39, 0.29) is 36.1 Å². The summed E-state index contributed by atoms with van der Waals surface area (Å²) in [5, 5.41) is 4.38. The average molecular weight is 497 g/mol. The SMILES string of the molecule is CCc1cccc2c(/C=C3/C(=O)N(C)C(=S)N3CC(=O)OC)cn(CC(=O)NC3CCCCC3)c12. The zero-order chi connectivity index (χ0) is 25.1. The van der Waals surface area contributed by atoms with Crippen LogP contribution < -0.4 is 5.32 Å². The number of methoxy groups -OCH3 is 1. The van der Waals surface area contributed by atoms with Crippen LogP contribution in [0.5, 0.6) is 0 Å². The molecule has 0 spiro atoms. The Labute approximate surface area is 210 Å². The molecule has 186 valence electrons. The lowest BCUT2D eigenvalue weighted by Gasteiger charge is -2.23. The second-order valence-electron chi connectivity index (χ2n) is 9.12. The van der Waals surface area contributed by atoms with Gasteiger partial charge in [-0.2, -0.15) is 0 Å². The van der Waals surface area contributed by atoms with Crippen LogP contribution in [0.15, 0.2) is 30.1 Å². The Morgan fingerprint density at radius 1 is 1.20 bits per heavy atom. The van der Waals surface area contributed by atoms with Crippen molar-refractivity contribution >= 4 is 52.1 Å². The van der Waals surface area contributed by atoms with Crippen LogP contribution in [0.4, 0.5) is 0 Å². The van der Waals surface area contributed by atoms with Crippen molar-refractivity contribution in [2.75, 3.05) is 20.7 Å². The normalized spacial score (nSPS) is 18.1. The highest BCUT2D eigenvalue weighted by atomic mass is 32.1. The minimum atomic E-state index is -0.489. The summed E-state index contributed by atoms with van der Waals surface area (Å²) in [7, 11) is 2.89. The van der Waals surface area contributed by atoms with E-state index in [2.05, 4.69) is 18.3 Å². The van der Waals surface area contributed by atoms with E-state index in [1.807, 2.05) is 22.9 Å². The monoisotopic (exact) mass is 496 g/mol. The maximum Gasteiger partial charge on any atom is 0.325 e. The quantitative estimate of drug-likeness (QED) is 0.360. The highest BCUT2D eigenvalue weighted by molar-refractivity contribution is 7.80. The summed E-state index contributed by atoms with van der Waals surface area (Å²) in [6, 6.07) is 6.27. The van der Waals surface area contributed by atoms with Crippen LogP contribution in [0.1, 0.15) is 50.2 Å².